The Hall–Kier alpha value is -2.04. The Morgan fingerprint density at radius 2 is 1.83 bits per heavy atom. The number of hydrogen-bond acceptors (Lipinski definition) is 3. The summed E-state index contributed by atoms with van der Waals surface area (Å²) in [6.07, 6.45) is 0. The molecule has 0 saturated heterocycles. The van der Waals surface area contributed by atoms with Gasteiger partial charge in [-0.05, 0) is 30.5 Å². The fraction of sp³-hybridized carbons (Fsp3) is 0.385. The Labute approximate surface area is 107 Å². The first kappa shape index (κ1) is 14.0. The minimum Gasteiger partial charge on any atom is -0.409 e. The predicted molar refractivity (Wildman–Crippen MR) is 71.7 cm³/mol. The summed E-state index contributed by atoms with van der Waals surface area (Å²) < 4.78 is 0. The number of oxime groups is 1. The molecular weight excluding hydrogens is 230 g/mol. The Morgan fingerprint density at radius 3 is 2.28 bits per heavy atom. The second-order valence-electron chi connectivity index (χ2n) is 4.51. The van der Waals surface area contributed by atoms with E-state index >= 15 is 0 Å². The van der Waals surface area contributed by atoms with Crippen LogP contribution < -0.4 is 11.1 Å². The maximum Gasteiger partial charge on any atom is 0.234 e. The molecule has 0 radical (unpaired) electrons. The van der Waals surface area contributed by atoms with Gasteiger partial charge in [0, 0.05) is 5.69 Å². The van der Waals surface area contributed by atoms with Crippen molar-refractivity contribution >= 4 is 17.4 Å². The van der Waals surface area contributed by atoms with Crippen molar-refractivity contribution in [2.45, 2.75) is 26.7 Å². The van der Waals surface area contributed by atoms with Crippen LogP contribution in [0.1, 0.15) is 32.3 Å². The SMILES string of the molecule is CC(C(=O)Nc1ccc(C(C)C)cc1)C(N)=NO. The zero-order valence-corrected chi connectivity index (χ0v) is 10.8. The molecule has 0 spiro atoms. The highest BCUT2D eigenvalue weighted by Crippen LogP contribution is 2.17. The molecule has 0 aliphatic rings. The normalized spacial score (nSPS) is 13.4. The molecule has 0 saturated carbocycles. The summed E-state index contributed by atoms with van der Waals surface area (Å²) in [7, 11) is 0. The number of hydrogen-bond donors (Lipinski definition) is 3. The van der Waals surface area contributed by atoms with Crippen LogP contribution in [0.5, 0.6) is 0 Å². The summed E-state index contributed by atoms with van der Waals surface area (Å²) in [5, 5.41) is 14.0. The van der Waals surface area contributed by atoms with E-state index in [-0.39, 0.29) is 11.7 Å². The lowest BCUT2D eigenvalue weighted by Gasteiger charge is -2.11. The van der Waals surface area contributed by atoms with Crippen molar-refractivity contribution in [3.05, 3.63) is 29.8 Å². The van der Waals surface area contributed by atoms with Gasteiger partial charge in [0.15, 0.2) is 5.84 Å². The standard InChI is InChI=1S/C13H19N3O2/c1-8(2)10-4-6-11(7-5-10)15-13(17)9(3)12(14)16-18/h4-9,18H,1-3H3,(H2,14,16)(H,15,17). The molecule has 1 amide bonds. The van der Waals surface area contributed by atoms with Gasteiger partial charge in [0.2, 0.25) is 5.91 Å². The predicted octanol–water partition coefficient (Wildman–Crippen LogP) is 2.13. The average molecular weight is 249 g/mol. The van der Waals surface area contributed by atoms with Gasteiger partial charge in [-0.25, -0.2) is 0 Å². The smallest absolute Gasteiger partial charge is 0.234 e. The second kappa shape index (κ2) is 6.05. The lowest BCUT2D eigenvalue weighted by atomic mass is 10.0. The van der Waals surface area contributed by atoms with Gasteiger partial charge in [-0.15, -0.1) is 0 Å². The van der Waals surface area contributed by atoms with E-state index < -0.39 is 5.92 Å². The number of nitrogens with one attached hydrogen (secondary N) is 1. The van der Waals surface area contributed by atoms with Crippen LogP contribution in [-0.4, -0.2) is 17.0 Å². The van der Waals surface area contributed by atoms with Crippen molar-refractivity contribution in [2.24, 2.45) is 16.8 Å². The highest BCUT2D eigenvalue weighted by atomic mass is 16.4. The fourth-order valence-corrected chi connectivity index (χ4v) is 1.42. The largest absolute Gasteiger partial charge is 0.409 e. The van der Waals surface area contributed by atoms with Gasteiger partial charge in [0.1, 0.15) is 0 Å². The van der Waals surface area contributed by atoms with Gasteiger partial charge >= 0.3 is 0 Å². The highest BCUT2D eigenvalue weighted by molar-refractivity contribution is 6.07. The molecule has 0 heterocycles. The molecule has 0 bridgehead atoms. The summed E-state index contributed by atoms with van der Waals surface area (Å²) in [6.45, 7) is 5.79. The first-order valence-electron chi connectivity index (χ1n) is 5.84. The zero-order valence-electron chi connectivity index (χ0n) is 10.8. The fourth-order valence-electron chi connectivity index (χ4n) is 1.42. The quantitative estimate of drug-likeness (QED) is 0.330. The molecule has 1 aromatic rings. The van der Waals surface area contributed by atoms with Crippen LogP contribution in [0.3, 0.4) is 0 Å². The third-order valence-electron chi connectivity index (χ3n) is 2.80. The Bertz CT molecular complexity index is 438. The van der Waals surface area contributed by atoms with Crippen molar-refractivity contribution in [3.8, 4) is 0 Å². The van der Waals surface area contributed by atoms with Crippen molar-refractivity contribution in [2.75, 3.05) is 5.32 Å². The van der Waals surface area contributed by atoms with Gasteiger partial charge in [0.25, 0.3) is 0 Å². The molecule has 5 heteroatoms. The molecule has 98 valence electrons. The highest BCUT2D eigenvalue weighted by Gasteiger charge is 2.17. The molecular formula is C13H19N3O2. The van der Waals surface area contributed by atoms with E-state index in [9.17, 15) is 4.79 Å². The van der Waals surface area contributed by atoms with E-state index in [0.717, 1.165) is 0 Å². The summed E-state index contributed by atoms with van der Waals surface area (Å²) >= 11 is 0. The summed E-state index contributed by atoms with van der Waals surface area (Å²) in [5.41, 5.74) is 7.28. The zero-order chi connectivity index (χ0) is 13.7. The van der Waals surface area contributed by atoms with Gasteiger partial charge < -0.3 is 16.3 Å². The van der Waals surface area contributed by atoms with Crippen LogP contribution >= 0.6 is 0 Å². The van der Waals surface area contributed by atoms with Crippen LogP contribution in [0.2, 0.25) is 0 Å². The number of amides is 1. The van der Waals surface area contributed by atoms with Crippen molar-refractivity contribution in [1.82, 2.24) is 0 Å². The monoisotopic (exact) mass is 249 g/mol. The van der Waals surface area contributed by atoms with Gasteiger partial charge in [-0.2, -0.15) is 0 Å². The molecule has 5 nitrogen and oxygen atoms in total. The maximum atomic E-state index is 11.7. The summed E-state index contributed by atoms with van der Waals surface area (Å²) in [6, 6.07) is 7.61. The first-order valence-corrected chi connectivity index (χ1v) is 5.84. The van der Waals surface area contributed by atoms with E-state index in [4.69, 9.17) is 10.9 Å². The molecule has 0 fully saturated rings. The summed E-state index contributed by atoms with van der Waals surface area (Å²) in [5.74, 6) is -0.625. The van der Waals surface area contributed by atoms with E-state index in [1.54, 1.807) is 6.92 Å². The number of nitrogens with zero attached hydrogens (tertiary/aromatic N) is 1. The first-order chi connectivity index (χ1) is 8.45. The Kier molecular flexibility index (Phi) is 4.71. The minimum absolute atomic E-state index is 0.105. The van der Waals surface area contributed by atoms with E-state index in [0.29, 0.717) is 11.6 Å². The maximum absolute atomic E-state index is 11.7. The molecule has 0 aliphatic carbocycles. The van der Waals surface area contributed by atoms with Gasteiger partial charge in [0.05, 0.1) is 5.92 Å². The molecule has 1 unspecified atom stereocenters. The van der Waals surface area contributed by atoms with Crippen LogP contribution in [0.4, 0.5) is 5.69 Å². The number of nitrogens with two attached hydrogens (primary N) is 1. The molecule has 0 aromatic heterocycles. The van der Waals surface area contributed by atoms with Gasteiger partial charge in [-0.3, -0.25) is 4.79 Å². The van der Waals surface area contributed by atoms with E-state index in [2.05, 4.69) is 24.3 Å². The van der Waals surface area contributed by atoms with E-state index in [1.165, 1.54) is 5.56 Å². The molecule has 1 atom stereocenters. The Morgan fingerprint density at radius 1 is 1.28 bits per heavy atom. The number of carbonyl (C=O) groups is 1. The second-order valence-corrected chi connectivity index (χ2v) is 4.51. The van der Waals surface area contributed by atoms with Crippen molar-refractivity contribution in [3.63, 3.8) is 0 Å². The lowest BCUT2D eigenvalue weighted by molar-refractivity contribution is -0.117. The van der Waals surface area contributed by atoms with Crippen LogP contribution in [0.15, 0.2) is 29.4 Å². The molecule has 1 rings (SSSR count). The summed E-state index contributed by atoms with van der Waals surface area (Å²) in [4.78, 5) is 11.7. The third-order valence-corrected chi connectivity index (χ3v) is 2.80. The van der Waals surface area contributed by atoms with Crippen LogP contribution in [0, 0.1) is 5.92 Å². The molecule has 0 aliphatic heterocycles. The van der Waals surface area contributed by atoms with Crippen molar-refractivity contribution < 1.29 is 10.0 Å². The van der Waals surface area contributed by atoms with Crippen molar-refractivity contribution in [1.29, 1.82) is 0 Å². The average Bonchev–Trinajstić information content (AvgIpc) is 2.37. The van der Waals surface area contributed by atoms with Gasteiger partial charge in [-0.1, -0.05) is 31.1 Å². The third kappa shape index (κ3) is 3.48. The lowest BCUT2D eigenvalue weighted by Crippen LogP contribution is -2.32. The topological polar surface area (TPSA) is 87.7 Å². The number of rotatable bonds is 4. The molecule has 18 heavy (non-hydrogen) atoms. The molecule has 4 N–H and O–H groups in total. The number of anilines is 1. The minimum atomic E-state index is -0.667. The van der Waals surface area contributed by atoms with Crippen LogP contribution in [-0.2, 0) is 4.79 Å². The Balaban J connectivity index is 2.71. The van der Waals surface area contributed by atoms with Crippen LogP contribution in [0.25, 0.3) is 0 Å². The number of carbonyl (C=O) groups excluding carboxylic acids is 1. The number of benzene rings is 1. The molecule has 1 aromatic carbocycles. The number of amidine groups is 1. The van der Waals surface area contributed by atoms with E-state index in [1.807, 2.05) is 24.3 Å².